The third-order valence-electron chi connectivity index (χ3n) is 2.57. The van der Waals surface area contributed by atoms with E-state index in [4.69, 9.17) is 5.11 Å². The first kappa shape index (κ1) is 12.2. The molecule has 0 unspecified atom stereocenters. The van der Waals surface area contributed by atoms with Gasteiger partial charge in [0.2, 0.25) is 5.78 Å². The van der Waals surface area contributed by atoms with Gasteiger partial charge in [0.15, 0.2) is 5.69 Å². The normalized spacial score (nSPS) is 14.2. The van der Waals surface area contributed by atoms with Crippen molar-refractivity contribution in [2.75, 3.05) is 6.54 Å². The summed E-state index contributed by atoms with van der Waals surface area (Å²) in [6.07, 6.45) is 4.27. The number of aromatic carboxylic acids is 1. The van der Waals surface area contributed by atoms with Crippen LogP contribution in [0.5, 0.6) is 0 Å². The van der Waals surface area contributed by atoms with E-state index >= 15 is 0 Å². The standard InChI is InChI=1S/C13H12N2O3/c1-8-5-6-9(11(15-8)13(17)18)12(16)10-4-2-3-7-14-10/h2,4-6H,3,7H2,1H3,(H,17,18). The maximum Gasteiger partial charge on any atom is 0.355 e. The van der Waals surface area contributed by atoms with Crippen LogP contribution in [0.15, 0.2) is 29.3 Å². The van der Waals surface area contributed by atoms with E-state index in [0.29, 0.717) is 12.2 Å². The lowest BCUT2D eigenvalue weighted by molar-refractivity contribution is 0.0686. The van der Waals surface area contributed by atoms with Gasteiger partial charge < -0.3 is 5.11 Å². The molecule has 1 aliphatic heterocycles. The monoisotopic (exact) mass is 244 g/mol. The summed E-state index contributed by atoms with van der Waals surface area (Å²) in [5, 5.41) is 9.06. The summed E-state index contributed by atoms with van der Waals surface area (Å²) in [6.45, 7) is 2.23. The van der Waals surface area contributed by atoms with Gasteiger partial charge in [-0.3, -0.25) is 9.79 Å². The Balaban J connectivity index is 2.44. The van der Waals surface area contributed by atoms with E-state index in [0.717, 1.165) is 6.42 Å². The minimum absolute atomic E-state index is 0.0819. The molecule has 2 rings (SSSR count). The molecule has 5 heteroatoms. The summed E-state index contributed by atoms with van der Waals surface area (Å²) in [5.74, 6) is -1.60. The van der Waals surface area contributed by atoms with Gasteiger partial charge in [-0.1, -0.05) is 6.08 Å². The van der Waals surface area contributed by atoms with Crippen LogP contribution in [0.1, 0.15) is 33.0 Å². The summed E-state index contributed by atoms with van der Waals surface area (Å²) in [5.41, 5.74) is 0.708. The van der Waals surface area contributed by atoms with Crippen LogP contribution in [0.4, 0.5) is 0 Å². The number of aliphatic imine (C=N–C) groups is 1. The van der Waals surface area contributed by atoms with Crippen molar-refractivity contribution >= 4 is 17.5 Å². The lowest BCUT2D eigenvalue weighted by atomic mass is 10.0. The number of carbonyl (C=O) groups excluding carboxylic acids is 1. The number of Topliss-reactive ketones (excluding diaryl/α,β-unsaturated/α-hetero) is 1. The zero-order valence-corrected chi connectivity index (χ0v) is 9.88. The van der Waals surface area contributed by atoms with Crippen molar-refractivity contribution in [2.24, 2.45) is 4.99 Å². The van der Waals surface area contributed by atoms with Crippen molar-refractivity contribution in [1.82, 2.24) is 4.98 Å². The van der Waals surface area contributed by atoms with Gasteiger partial charge in [-0.25, -0.2) is 9.78 Å². The molecule has 1 aromatic rings. The minimum atomic E-state index is -1.21. The Morgan fingerprint density at radius 3 is 2.72 bits per heavy atom. The molecule has 0 saturated heterocycles. The number of carboxylic acid groups (broad SMARTS) is 1. The van der Waals surface area contributed by atoms with Gasteiger partial charge >= 0.3 is 5.97 Å². The van der Waals surface area contributed by atoms with Crippen molar-refractivity contribution in [2.45, 2.75) is 13.3 Å². The van der Waals surface area contributed by atoms with Gasteiger partial charge in [0, 0.05) is 12.2 Å². The number of hydrogen-bond acceptors (Lipinski definition) is 4. The molecule has 92 valence electrons. The summed E-state index contributed by atoms with van der Waals surface area (Å²) in [6, 6.07) is 3.10. The largest absolute Gasteiger partial charge is 0.476 e. The number of allylic oxidation sites excluding steroid dienone is 1. The molecule has 5 nitrogen and oxygen atoms in total. The van der Waals surface area contributed by atoms with Crippen molar-refractivity contribution in [3.63, 3.8) is 0 Å². The van der Waals surface area contributed by atoms with Gasteiger partial charge in [-0.15, -0.1) is 0 Å². The Morgan fingerprint density at radius 2 is 2.11 bits per heavy atom. The Hall–Kier alpha value is -2.30. The quantitative estimate of drug-likeness (QED) is 0.820. The average Bonchev–Trinajstić information content (AvgIpc) is 2.39. The molecule has 0 aliphatic carbocycles. The molecule has 1 aromatic heterocycles. The topological polar surface area (TPSA) is 79.6 Å². The predicted octanol–water partition coefficient (Wildman–Crippen LogP) is 1.67. The third-order valence-corrected chi connectivity index (χ3v) is 2.57. The van der Waals surface area contributed by atoms with Crippen LogP contribution in [0.25, 0.3) is 0 Å². The molecular weight excluding hydrogens is 232 g/mol. The molecule has 0 amide bonds. The lowest BCUT2D eigenvalue weighted by Gasteiger charge is -2.07. The maximum absolute atomic E-state index is 12.2. The van der Waals surface area contributed by atoms with Crippen molar-refractivity contribution in [1.29, 1.82) is 0 Å². The number of rotatable bonds is 3. The summed E-state index contributed by atoms with van der Waals surface area (Å²) >= 11 is 0. The molecule has 0 saturated carbocycles. The van der Waals surface area contributed by atoms with E-state index in [9.17, 15) is 9.59 Å². The summed E-state index contributed by atoms with van der Waals surface area (Å²) < 4.78 is 0. The van der Waals surface area contributed by atoms with Crippen LogP contribution in [-0.4, -0.2) is 34.1 Å². The number of aromatic nitrogens is 1. The van der Waals surface area contributed by atoms with E-state index in [1.165, 1.54) is 6.07 Å². The SMILES string of the molecule is Cc1ccc(C(=O)C2=NCCC=C2)c(C(=O)O)n1. The highest BCUT2D eigenvalue weighted by molar-refractivity contribution is 6.50. The first-order valence-corrected chi connectivity index (χ1v) is 5.56. The molecule has 0 fully saturated rings. The minimum Gasteiger partial charge on any atom is -0.476 e. The Bertz CT molecular complexity index is 574. The van der Waals surface area contributed by atoms with Gasteiger partial charge in [0.05, 0.1) is 5.56 Å². The number of dihydropyridines is 1. The van der Waals surface area contributed by atoms with Crippen molar-refractivity contribution in [3.8, 4) is 0 Å². The van der Waals surface area contributed by atoms with Crippen LogP contribution < -0.4 is 0 Å². The molecule has 1 N–H and O–H groups in total. The fourth-order valence-electron chi connectivity index (χ4n) is 1.70. The van der Waals surface area contributed by atoms with Crippen LogP contribution in [0.3, 0.4) is 0 Å². The second-order valence-corrected chi connectivity index (χ2v) is 3.94. The molecule has 0 bridgehead atoms. The van der Waals surface area contributed by atoms with Gasteiger partial charge in [-0.05, 0) is 31.6 Å². The molecule has 1 aliphatic rings. The summed E-state index contributed by atoms with van der Waals surface area (Å²) in [7, 11) is 0. The second kappa shape index (κ2) is 4.91. The van der Waals surface area contributed by atoms with Crippen LogP contribution in [-0.2, 0) is 0 Å². The van der Waals surface area contributed by atoms with Crippen LogP contribution in [0, 0.1) is 6.92 Å². The fourth-order valence-corrected chi connectivity index (χ4v) is 1.70. The molecule has 0 radical (unpaired) electrons. The number of hydrogen-bond donors (Lipinski definition) is 1. The molecule has 0 aromatic carbocycles. The van der Waals surface area contributed by atoms with Gasteiger partial charge in [0.25, 0.3) is 0 Å². The van der Waals surface area contributed by atoms with E-state index in [1.807, 2.05) is 6.08 Å². The number of ketones is 1. The Morgan fingerprint density at radius 1 is 1.33 bits per heavy atom. The molecular formula is C13H12N2O3. The fraction of sp³-hybridized carbons (Fsp3) is 0.231. The van der Waals surface area contributed by atoms with Crippen LogP contribution >= 0.6 is 0 Å². The average molecular weight is 244 g/mol. The number of nitrogens with zero attached hydrogens (tertiary/aromatic N) is 2. The third kappa shape index (κ3) is 2.34. The number of aryl methyl sites for hydroxylation is 1. The molecule has 2 heterocycles. The van der Waals surface area contributed by atoms with Crippen molar-refractivity contribution < 1.29 is 14.7 Å². The van der Waals surface area contributed by atoms with E-state index < -0.39 is 11.8 Å². The van der Waals surface area contributed by atoms with E-state index in [2.05, 4.69) is 9.98 Å². The highest BCUT2D eigenvalue weighted by Crippen LogP contribution is 2.12. The summed E-state index contributed by atoms with van der Waals surface area (Å²) in [4.78, 5) is 31.2. The Kier molecular flexibility index (Phi) is 3.32. The highest BCUT2D eigenvalue weighted by atomic mass is 16.4. The number of carboxylic acids is 1. The van der Waals surface area contributed by atoms with Gasteiger partial charge in [-0.2, -0.15) is 0 Å². The first-order chi connectivity index (χ1) is 8.59. The lowest BCUT2D eigenvalue weighted by Crippen LogP contribution is -2.19. The maximum atomic E-state index is 12.2. The molecule has 0 atom stereocenters. The van der Waals surface area contributed by atoms with Crippen molar-refractivity contribution in [3.05, 3.63) is 41.2 Å². The Labute approximate surface area is 104 Å². The zero-order valence-electron chi connectivity index (χ0n) is 9.88. The molecule has 18 heavy (non-hydrogen) atoms. The van der Waals surface area contributed by atoms with E-state index in [-0.39, 0.29) is 17.0 Å². The number of carbonyl (C=O) groups is 2. The highest BCUT2D eigenvalue weighted by Gasteiger charge is 2.21. The molecule has 0 spiro atoms. The zero-order chi connectivity index (χ0) is 13.1. The van der Waals surface area contributed by atoms with Crippen LogP contribution in [0.2, 0.25) is 0 Å². The second-order valence-electron chi connectivity index (χ2n) is 3.94. The number of pyridine rings is 1. The smallest absolute Gasteiger partial charge is 0.355 e. The van der Waals surface area contributed by atoms with E-state index in [1.54, 1.807) is 19.1 Å². The first-order valence-electron chi connectivity index (χ1n) is 5.56. The predicted molar refractivity (Wildman–Crippen MR) is 66.3 cm³/mol. The van der Waals surface area contributed by atoms with Gasteiger partial charge in [0.1, 0.15) is 5.71 Å².